The molecule has 170 valence electrons. The summed E-state index contributed by atoms with van der Waals surface area (Å²) < 4.78 is 11.1. The Morgan fingerprint density at radius 2 is 1.97 bits per heavy atom. The van der Waals surface area contributed by atoms with Crippen LogP contribution < -0.4 is 10.2 Å². The third kappa shape index (κ3) is 3.49. The molecule has 5 rings (SSSR count). The average Bonchev–Trinajstić information content (AvgIpc) is 3.45. The van der Waals surface area contributed by atoms with E-state index in [0.29, 0.717) is 45.4 Å². The van der Waals surface area contributed by atoms with Gasteiger partial charge in [-0.3, -0.25) is 4.79 Å². The van der Waals surface area contributed by atoms with E-state index >= 15 is 0 Å². The number of imidazole rings is 1. The molecule has 5 aromatic rings. The monoisotopic (exact) mass is 457 g/mol. The van der Waals surface area contributed by atoms with Gasteiger partial charge in [-0.15, -0.1) is 0 Å². The van der Waals surface area contributed by atoms with E-state index in [-0.39, 0.29) is 11.3 Å². The van der Waals surface area contributed by atoms with Crippen molar-refractivity contribution in [2.24, 2.45) is 0 Å². The van der Waals surface area contributed by atoms with Gasteiger partial charge in [0.05, 0.1) is 12.7 Å². The number of hydrogen-bond acceptors (Lipinski definition) is 6. The zero-order valence-corrected chi connectivity index (χ0v) is 18.2. The minimum absolute atomic E-state index is 0.0328. The fourth-order valence-corrected chi connectivity index (χ4v) is 3.87. The van der Waals surface area contributed by atoms with Crippen LogP contribution in [0.3, 0.4) is 0 Å². The quantitative estimate of drug-likeness (QED) is 0.303. The molecule has 9 heteroatoms. The lowest BCUT2D eigenvalue weighted by Crippen LogP contribution is -2.01. The number of fused-ring (bicyclic) bond motifs is 1. The second-order valence-electron chi connectivity index (χ2n) is 7.71. The Labute approximate surface area is 192 Å². The summed E-state index contributed by atoms with van der Waals surface area (Å²) in [5.74, 6) is -0.214. The van der Waals surface area contributed by atoms with Crippen molar-refractivity contribution in [2.75, 3.05) is 7.11 Å². The highest BCUT2D eigenvalue weighted by atomic mass is 16.5. The lowest BCUT2D eigenvalue weighted by atomic mass is 10.1. The van der Waals surface area contributed by atoms with Crippen LogP contribution in [-0.4, -0.2) is 38.2 Å². The summed E-state index contributed by atoms with van der Waals surface area (Å²) in [5, 5.41) is 20.5. The smallest absolute Gasteiger partial charge is 0.335 e. The van der Waals surface area contributed by atoms with E-state index in [1.165, 1.54) is 12.1 Å². The van der Waals surface area contributed by atoms with E-state index in [1.807, 2.05) is 6.07 Å². The van der Waals surface area contributed by atoms with Crippen LogP contribution in [-0.2, 0) is 0 Å². The highest BCUT2D eigenvalue weighted by molar-refractivity contribution is 5.99. The van der Waals surface area contributed by atoms with Crippen LogP contribution in [0.2, 0.25) is 0 Å². The highest BCUT2D eigenvalue weighted by Gasteiger charge is 2.23. The number of carboxylic acids is 1. The van der Waals surface area contributed by atoms with E-state index in [9.17, 15) is 19.8 Å². The largest absolute Gasteiger partial charge is 0.501 e. The first kappa shape index (κ1) is 21.1. The molecule has 9 nitrogen and oxygen atoms in total. The molecule has 3 aromatic heterocycles. The molecule has 0 saturated carbocycles. The Morgan fingerprint density at radius 1 is 1.15 bits per heavy atom. The van der Waals surface area contributed by atoms with Crippen molar-refractivity contribution in [3.05, 3.63) is 76.3 Å². The fourth-order valence-electron chi connectivity index (χ4n) is 3.87. The predicted octanol–water partition coefficient (Wildman–Crippen LogP) is 4.57. The number of carbonyl (C=O) groups is 1. The number of aryl methyl sites for hydroxylation is 1. The number of aromatic hydroxyl groups is 1. The maximum Gasteiger partial charge on any atom is 0.335 e. The van der Waals surface area contributed by atoms with Crippen LogP contribution in [0.5, 0.6) is 11.5 Å². The van der Waals surface area contributed by atoms with Crippen LogP contribution in [0.25, 0.3) is 45.0 Å². The molecule has 0 aliphatic carbocycles. The van der Waals surface area contributed by atoms with Crippen molar-refractivity contribution in [1.29, 1.82) is 0 Å². The summed E-state index contributed by atoms with van der Waals surface area (Å²) in [7, 11) is 1.55. The van der Waals surface area contributed by atoms with Gasteiger partial charge in [-0.25, -0.2) is 9.78 Å². The van der Waals surface area contributed by atoms with Crippen LogP contribution >= 0.6 is 0 Å². The molecule has 0 radical (unpaired) electrons. The minimum Gasteiger partial charge on any atom is -0.501 e. The summed E-state index contributed by atoms with van der Waals surface area (Å²) >= 11 is 0. The standard InChI is InChI=1S/C25H19N3O6/c1-12-8-19(29)22(30)23(34-12)21-20(13-4-3-5-15(9-13)33-2)27-24(28-21)17-11-26-18-10-14(25(31)32)6-7-16(17)18/h3-11,26,30H,1-2H3,(H,27,28)(H,31,32). The van der Waals surface area contributed by atoms with Crippen molar-refractivity contribution in [1.82, 2.24) is 15.0 Å². The summed E-state index contributed by atoms with van der Waals surface area (Å²) in [6.07, 6.45) is 1.71. The Morgan fingerprint density at radius 3 is 2.74 bits per heavy atom. The second-order valence-corrected chi connectivity index (χ2v) is 7.71. The Kier molecular flexibility index (Phi) is 4.94. The van der Waals surface area contributed by atoms with Gasteiger partial charge >= 0.3 is 5.97 Å². The van der Waals surface area contributed by atoms with Gasteiger partial charge in [0, 0.05) is 34.3 Å². The van der Waals surface area contributed by atoms with Crippen molar-refractivity contribution < 1.29 is 24.2 Å². The molecule has 2 aromatic carbocycles. The molecule has 0 saturated heterocycles. The topological polar surface area (TPSA) is 141 Å². The molecule has 4 N–H and O–H groups in total. The summed E-state index contributed by atoms with van der Waals surface area (Å²) in [4.78, 5) is 34.6. The van der Waals surface area contributed by atoms with Crippen molar-refractivity contribution >= 4 is 16.9 Å². The van der Waals surface area contributed by atoms with E-state index < -0.39 is 17.1 Å². The number of hydrogen-bond donors (Lipinski definition) is 4. The molecule has 0 bridgehead atoms. The van der Waals surface area contributed by atoms with Gasteiger partial charge in [-0.2, -0.15) is 0 Å². The SMILES string of the molecule is COc1cccc(-c2nc(-c3c[nH]c4cc(C(=O)O)ccc34)[nH]c2-c2oc(C)cc(=O)c2O)c1. The van der Waals surface area contributed by atoms with Gasteiger partial charge in [0.25, 0.3) is 0 Å². The average molecular weight is 457 g/mol. The van der Waals surface area contributed by atoms with Gasteiger partial charge in [0.15, 0.2) is 5.76 Å². The number of methoxy groups -OCH3 is 1. The van der Waals surface area contributed by atoms with Gasteiger partial charge in [0.1, 0.15) is 28.7 Å². The number of aromatic amines is 2. The Hall–Kier alpha value is -4.79. The fraction of sp³-hybridized carbons (Fsp3) is 0.0800. The van der Waals surface area contributed by atoms with Crippen LogP contribution in [0.4, 0.5) is 0 Å². The van der Waals surface area contributed by atoms with Crippen LogP contribution in [0, 0.1) is 6.92 Å². The maximum atomic E-state index is 12.3. The molecule has 34 heavy (non-hydrogen) atoms. The summed E-state index contributed by atoms with van der Waals surface area (Å²) in [6.45, 7) is 1.62. The van der Waals surface area contributed by atoms with E-state index in [2.05, 4.69) is 9.97 Å². The number of benzene rings is 2. The zero-order valence-electron chi connectivity index (χ0n) is 18.2. The third-order valence-electron chi connectivity index (χ3n) is 5.50. The molecule has 3 heterocycles. The number of rotatable bonds is 5. The van der Waals surface area contributed by atoms with E-state index in [4.69, 9.17) is 14.1 Å². The first-order chi connectivity index (χ1) is 16.4. The maximum absolute atomic E-state index is 12.3. The molecular weight excluding hydrogens is 438 g/mol. The normalized spacial score (nSPS) is 11.1. The first-order valence-electron chi connectivity index (χ1n) is 10.3. The molecule has 0 aliphatic rings. The predicted molar refractivity (Wildman–Crippen MR) is 125 cm³/mol. The Bertz CT molecular complexity index is 1630. The molecule has 0 unspecified atom stereocenters. The number of nitrogens with one attached hydrogen (secondary N) is 2. The number of nitrogens with zero attached hydrogens (tertiary/aromatic N) is 1. The Balaban J connectivity index is 1.76. The third-order valence-corrected chi connectivity index (χ3v) is 5.50. The van der Waals surface area contributed by atoms with Crippen LogP contribution in [0.15, 0.2) is 63.9 Å². The van der Waals surface area contributed by atoms with Gasteiger partial charge < -0.3 is 29.3 Å². The number of H-pyrrole nitrogens is 2. The first-order valence-corrected chi connectivity index (χ1v) is 10.3. The van der Waals surface area contributed by atoms with E-state index in [0.717, 1.165) is 5.39 Å². The van der Waals surface area contributed by atoms with Crippen LogP contribution in [0.1, 0.15) is 16.1 Å². The number of aromatic nitrogens is 3. The van der Waals surface area contributed by atoms with E-state index in [1.54, 1.807) is 50.6 Å². The zero-order chi connectivity index (χ0) is 24.0. The second kappa shape index (κ2) is 7.96. The number of carboxylic acid groups (broad SMARTS) is 1. The van der Waals surface area contributed by atoms with Crippen molar-refractivity contribution in [3.8, 4) is 45.6 Å². The molecule has 0 atom stereocenters. The lowest BCUT2D eigenvalue weighted by molar-refractivity contribution is 0.0697. The minimum atomic E-state index is -1.02. The highest BCUT2D eigenvalue weighted by Crippen LogP contribution is 2.38. The molecular formula is C25H19N3O6. The molecule has 0 spiro atoms. The van der Waals surface area contributed by atoms with Gasteiger partial charge in [0.2, 0.25) is 11.2 Å². The number of aromatic carboxylic acids is 1. The van der Waals surface area contributed by atoms with Crippen molar-refractivity contribution in [3.63, 3.8) is 0 Å². The lowest BCUT2D eigenvalue weighted by Gasteiger charge is -2.06. The van der Waals surface area contributed by atoms with Gasteiger partial charge in [-0.05, 0) is 31.2 Å². The summed E-state index contributed by atoms with van der Waals surface area (Å²) in [5.41, 5.74) is 2.32. The summed E-state index contributed by atoms with van der Waals surface area (Å²) in [6, 6.07) is 13.2. The van der Waals surface area contributed by atoms with Crippen molar-refractivity contribution in [2.45, 2.75) is 6.92 Å². The molecule has 0 fully saturated rings. The number of ether oxygens (including phenoxy) is 1. The molecule has 0 amide bonds. The van der Waals surface area contributed by atoms with Gasteiger partial charge in [-0.1, -0.05) is 18.2 Å². The molecule has 0 aliphatic heterocycles.